The second kappa shape index (κ2) is 22.6. The van der Waals surface area contributed by atoms with Gasteiger partial charge in [-0.3, -0.25) is 14.4 Å². The average Bonchev–Trinajstić information content (AvgIpc) is 2.80. The Kier molecular flexibility index (Phi) is 21.3. The summed E-state index contributed by atoms with van der Waals surface area (Å²) >= 11 is 0. The summed E-state index contributed by atoms with van der Waals surface area (Å²) in [6, 6.07) is 0. The normalized spacial score (nSPS) is 11.8. The van der Waals surface area contributed by atoms with E-state index in [-0.39, 0.29) is 19.3 Å². The monoisotopic (exact) mass is 498 g/mol. The van der Waals surface area contributed by atoms with Gasteiger partial charge in [-0.25, -0.2) is 0 Å². The molecule has 0 spiro atoms. The molecule has 0 amide bonds. The van der Waals surface area contributed by atoms with Gasteiger partial charge in [0.1, 0.15) is 0 Å². The smallest absolute Gasteiger partial charge is 0.303 e. The van der Waals surface area contributed by atoms with Crippen LogP contribution in [0.2, 0.25) is 0 Å². The summed E-state index contributed by atoms with van der Waals surface area (Å²) in [6.45, 7) is 5.87. The van der Waals surface area contributed by atoms with Gasteiger partial charge in [0.05, 0.1) is 26.2 Å². The van der Waals surface area contributed by atoms with Crippen molar-refractivity contribution < 1.29 is 34.2 Å². The molecule has 0 aromatic rings. The number of allylic oxidation sites excluding steroid dienone is 2. The summed E-state index contributed by atoms with van der Waals surface area (Å²) in [5.74, 6) is -2.32. The molecule has 0 aliphatic heterocycles. The van der Waals surface area contributed by atoms with E-state index in [9.17, 15) is 14.4 Å². The van der Waals surface area contributed by atoms with Crippen LogP contribution in [0.15, 0.2) is 12.2 Å². The number of hydrogen-bond acceptors (Lipinski definition) is 3. The summed E-state index contributed by atoms with van der Waals surface area (Å²) in [4.78, 5) is 32.8. The predicted molar refractivity (Wildman–Crippen MR) is 141 cm³/mol. The molecular weight excluding hydrogens is 446 g/mol. The molecule has 0 aliphatic rings. The van der Waals surface area contributed by atoms with E-state index < -0.39 is 17.9 Å². The highest BCUT2D eigenvalue weighted by atomic mass is 16.4. The molecule has 0 fully saturated rings. The third-order valence-corrected chi connectivity index (χ3v) is 6.71. The van der Waals surface area contributed by atoms with E-state index in [1.54, 1.807) is 0 Å². The molecule has 35 heavy (non-hydrogen) atoms. The van der Waals surface area contributed by atoms with Gasteiger partial charge in [-0.1, -0.05) is 44.8 Å². The standard InChI is InChI=1S/C28H51NO6/c1-2-3-4-5-6-7-8-9-10-11-15-22-29(23-16-12-19-26(30)31,24-17-13-20-27(32)33)25-18-14-21-28(34)35/h5-6H,2-4,7-25H2,1H3,(H2-,30,31,32,33,34,35)/p+1/b6-5+. The van der Waals surface area contributed by atoms with Gasteiger partial charge >= 0.3 is 17.9 Å². The first-order valence-corrected chi connectivity index (χ1v) is 14.0. The molecule has 0 unspecified atom stereocenters. The first kappa shape index (κ1) is 33.1. The van der Waals surface area contributed by atoms with Crippen molar-refractivity contribution in [2.24, 2.45) is 0 Å². The quantitative estimate of drug-likeness (QED) is 0.0699. The van der Waals surface area contributed by atoms with Crippen molar-refractivity contribution in [3.8, 4) is 0 Å². The SMILES string of the molecule is CCCC/C=C/CCCCCCC[N+](CCCCC(=O)O)(CCCCC(=O)O)CCCCC(=O)O. The molecule has 0 aromatic heterocycles. The van der Waals surface area contributed by atoms with Crippen LogP contribution >= 0.6 is 0 Å². The van der Waals surface area contributed by atoms with Gasteiger partial charge in [0.2, 0.25) is 0 Å². The molecule has 0 aromatic carbocycles. The van der Waals surface area contributed by atoms with Crippen molar-refractivity contribution in [2.75, 3.05) is 26.2 Å². The third-order valence-electron chi connectivity index (χ3n) is 6.71. The number of carboxylic acids is 3. The van der Waals surface area contributed by atoms with E-state index >= 15 is 0 Å². The summed E-state index contributed by atoms with van der Waals surface area (Å²) in [5, 5.41) is 27.0. The molecule has 0 atom stereocenters. The Morgan fingerprint density at radius 3 is 1.26 bits per heavy atom. The van der Waals surface area contributed by atoms with Crippen LogP contribution in [0.1, 0.15) is 122 Å². The number of quaternary nitrogens is 1. The van der Waals surface area contributed by atoms with E-state index in [1.807, 2.05) is 0 Å². The van der Waals surface area contributed by atoms with E-state index in [1.165, 1.54) is 44.9 Å². The number of carbonyl (C=O) groups is 3. The molecule has 7 heteroatoms. The predicted octanol–water partition coefficient (Wildman–Crippen LogP) is 6.65. The van der Waals surface area contributed by atoms with Crippen molar-refractivity contribution >= 4 is 17.9 Å². The lowest BCUT2D eigenvalue weighted by Crippen LogP contribution is -2.51. The lowest BCUT2D eigenvalue weighted by Gasteiger charge is -2.39. The van der Waals surface area contributed by atoms with E-state index in [0.717, 1.165) is 62.8 Å². The van der Waals surface area contributed by atoms with Crippen LogP contribution in [0.3, 0.4) is 0 Å². The largest absolute Gasteiger partial charge is 0.481 e. The molecular formula is C28H52NO6+. The zero-order valence-corrected chi connectivity index (χ0v) is 22.2. The molecule has 0 radical (unpaired) electrons. The van der Waals surface area contributed by atoms with Crippen molar-refractivity contribution in [3.05, 3.63) is 12.2 Å². The van der Waals surface area contributed by atoms with Crippen molar-refractivity contribution in [1.29, 1.82) is 0 Å². The van der Waals surface area contributed by atoms with Gasteiger partial charge in [0.25, 0.3) is 0 Å². The topological polar surface area (TPSA) is 112 Å². The van der Waals surface area contributed by atoms with Crippen molar-refractivity contribution in [3.63, 3.8) is 0 Å². The summed E-state index contributed by atoms with van der Waals surface area (Å²) in [5.41, 5.74) is 0. The van der Waals surface area contributed by atoms with Crippen LogP contribution in [0.25, 0.3) is 0 Å². The Morgan fingerprint density at radius 2 is 0.857 bits per heavy atom. The maximum absolute atomic E-state index is 10.9. The minimum absolute atomic E-state index is 0.172. The van der Waals surface area contributed by atoms with Crippen LogP contribution < -0.4 is 0 Å². The summed E-state index contributed by atoms with van der Waals surface area (Å²) < 4.78 is 0.860. The molecule has 0 aliphatic carbocycles. The number of unbranched alkanes of at least 4 members (excludes halogenated alkanes) is 10. The van der Waals surface area contributed by atoms with Crippen LogP contribution in [-0.2, 0) is 14.4 Å². The van der Waals surface area contributed by atoms with E-state index in [2.05, 4.69) is 19.1 Å². The fraction of sp³-hybridized carbons (Fsp3) is 0.821. The highest BCUT2D eigenvalue weighted by Gasteiger charge is 2.26. The van der Waals surface area contributed by atoms with Crippen LogP contribution in [0.5, 0.6) is 0 Å². The molecule has 3 N–H and O–H groups in total. The second-order valence-corrected chi connectivity index (χ2v) is 9.96. The van der Waals surface area contributed by atoms with Crippen LogP contribution in [0, 0.1) is 0 Å². The first-order valence-electron chi connectivity index (χ1n) is 14.0. The average molecular weight is 499 g/mol. The van der Waals surface area contributed by atoms with Gasteiger partial charge in [-0.15, -0.1) is 0 Å². The molecule has 0 bridgehead atoms. The summed E-state index contributed by atoms with van der Waals surface area (Å²) in [7, 11) is 0. The Labute approximate surface area is 213 Å². The Bertz CT molecular complexity index is 535. The lowest BCUT2D eigenvalue weighted by molar-refractivity contribution is -0.929. The Morgan fingerprint density at radius 1 is 0.514 bits per heavy atom. The van der Waals surface area contributed by atoms with Crippen molar-refractivity contribution in [2.45, 2.75) is 122 Å². The second-order valence-electron chi connectivity index (χ2n) is 9.96. The first-order chi connectivity index (χ1) is 16.8. The zero-order valence-electron chi connectivity index (χ0n) is 22.2. The van der Waals surface area contributed by atoms with Crippen LogP contribution in [0.4, 0.5) is 0 Å². The fourth-order valence-corrected chi connectivity index (χ4v) is 4.64. The number of aliphatic carboxylic acids is 3. The molecule has 7 nitrogen and oxygen atoms in total. The van der Waals surface area contributed by atoms with Gasteiger partial charge in [0.15, 0.2) is 0 Å². The number of nitrogens with zero attached hydrogens (tertiary/aromatic N) is 1. The van der Waals surface area contributed by atoms with Crippen molar-refractivity contribution in [1.82, 2.24) is 0 Å². The highest BCUT2D eigenvalue weighted by Crippen LogP contribution is 2.19. The molecule has 0 saturated heterocycles. The minimum atomic E-state index is -0.772. The number of carboxylic acid groups (broad SMARTS) is 3. The van der Waals surface area contributed by atoms with Gasteiger partial charge in [-0.05, 0) is 70.6 Å². The number of hydrogen-bond donors (Lipinski definition) is 3. The number of rotatable bonds is 26. The third kappa shape index (κ3) is 22.3. The Balaban J connectivity index is 4.73. The molecule has 0 rings (SSSR count). The van der Waals surface area contributed by atoms with Gasteiger partial charge in [0, 0.05) is 19.3 Å². The van der Waals surface area contributed by atoms with Gasteiger partial charge in [-0.2, -0.15) is 0 Å². The fourth-order valence-electron chi connectivity index (χ4n) is 4.64. The van der Waals surface area contributed by atoms with E-state index in [0.29, 0.717) is 19.3 Å². The zero-order chi connectivity index (χ0) is 26.2. The highest BCUT2D eigenvalue weighted by molar-refractivity contribution is 5.67. The Hall–Kier alpha value is -1.89. The maximum atomic E-state index is 10.9. The molecule has 204 valence electrons. The minimum Gasteiger partial charge on any atom is -0.481 e. The summed E-state index contributed by atoms with van der Waals surface area (Å²) in [6.07, 6.45) is 20.3. The molecule has 0 saturated carbocycles. The van der Waals surface area contributed by atoms with E-state index in [4.69, 9.17) is 15.3 Å². The molecule has 0 heterocycles. The lowest BCUT2D eigenvalue weighted by atomic mass is 10.1. The van der Waals surface area contributed by atoms with Gasteiger partial charge < -0.3 is 19.8 Å². The maximum Gasteiger partial charge on any atom is 0.303 e. The van der Waals surface area contributed by atoms with Crippen LogP contribution in [-0.4, -0.2) is 63.9 Å².